The molecular formula is C21H26N2O2S. The fourth-order valence-corrected chi connectivity index (χ4v) is 5.13. The quantitative estimate of drug-likeness (QED) is 0.796. The summed E-state index contributed by atoms with van der Waals surface area (Å²) in [6, 6.07) is 8.07. The van der Waals surface area contributed by atoms with E-state index < -0.39 is 0 Å². The maximum absolute atomic E-state index is 12.9. The molecule has 0 N–H and O–H groups in total. The molecule has 2 aromatic rings. The van der Waals surface area contributed by atoms with Crippen LogP contribution < -0.4 is 0 Å². The van der Waals surface area contributed by atoms with Gasteiger partial charge in [-0.15, -0.1) is 11.3 Å². The third-order valence-electron chi connectivity index (χ3n) is 5.76. The van der Waals surface area contributed by atoms with Gasteiger partial charge in [-0.2, -0.15) is 0 Å². The van der Waals surface area contributed by atoms with Crippen LogP contribution >= 0.6 is 11.3 Å². The van der Waals surface area contributed by atoms with Gasteiger partial charge in [0, 0.05) is 47.6 Å². The molecule has 1 aromatic carbocycles. The minimum atomic E-state index is 0.0939. The Hall–Kier alpha value is -1.88. The van der Waals surface area contributed by atoms with Gasteiger partial charge >= 0.3 is 0 Å². The normalized spacial score (nSPS) is 19.5. The zero-order valence-electron chi connectivity index (χ0n) is 15.2. The molecule has 2 aliphatic rings. The minimum absolute atomic E-state index is 0.0939. The standard InChI is InChI=1S/C21H26N2O2S/c24-20(22-11-5-1-2-6-12-22)16-9-13-23(14-10-16)21(25)18-15-26-19-8-4-3-7-17(18)19/h3-4,7-8,15-16H,1-2,5-6,9-14H2. The van der Waals surface area contributed by atoms with Crippen molar-refractivity contribution in [2.75, 3.05) is 26.2 Å². The molecule has 0 unspecified atom stereocenters. The van der Waals surface area contributed by atoms with E-state index in [1.165, 1.54) is 12.8 Å². The second-order valence-electron chi connectivity index (χ2n) is 7.45. The second kappa shape index (κ2) is 7.78. The first kappa shape index (κ1) is 17.5. The first-order valence-corrected chi connectivity index (χ1v) is 10.7. The molecule has 0 atom stereocenters. The van der Waals surface area contributed by atoms with Crippen LogP contribution in [0.2, 0.25) is 0 Å². The zero-order chi connectivity index (χ0) is 17.9. The lowest BCUT2D eigenvalue weighted by atomic mass is 9.94. The number of benzene rings is 1. The molecule has 0 aliphatic carbocycles. The van der Waals surface area contributed by atoms with Crippen LogP contribution in [0.25, 0.3) is 10.1 Å². The summed E-state index contributed by atoms with van der Waals surface area (Å²) < 4.78 is 1.15. The first-order valence-electron chi connectivity index (χ1n) is 9.78. The van der Waals surface area contributed by atoms with Crippen molar-refractivity contribution < 1.29 is 9.59 Å². The van der Waals surface area contributed by atoms with Crippen molar-refractivity contribution in [3.8, 4) is 0 Å². The summed E-state index contributed by atoms with van der Waals surface area (Å²) in [4.78, 5) is 29.7. The third-order valence-corrected chi connectivity index (χ3v) is 6.72. The summed E-state index contributed by atoms with van der Waals surface area (Å²) in [5.41, 5.74) is 0.808. The predicted molar refractivity (Wildman–Crippen MR) is 106 cm³/mol. The molecule has 4 nitrogen and oxygen atoms in total. The van der Waals surface area contributed by atoms with Crippen LogP contribution in [0.3, 0.4) is 0 Å². The highest BCUT2D eigenvalue weighted by atomic mass is 32.1. The minimum Gasteiger partial charge on any atom is -0.342 e. The maximum atomic E-state index is 12.9. The predicted octanol–water partition coefficient (Wildman–Crippen LogP) is 4.16. The third kappa shape index (κ3) is 3.50. The van der Waals surface area contributed by atoms with Gasteiger partial charge in [0.05, 0.1) is 5.56 Å². The number of rotatable bonds is 2. The van der Waals surface area contributed by atoms with E-state index in [0.717, 1.165) is 54.4 Å². The number of thiophene rings is 1. The smallest absolute Gasteiger partial charge is 0.255 e. The average Bonchev–Trinajstić information content (AvgIpc) is 2.93. The SMILES string of the molecule is O=C(c1csc2ccccc12)N1CCC(C(=O)N2CCCCCC2)CC1. The van der Waals surface area contributed by atoms with Crippen LogP contribution in [0.15, 0.2) is 29.6 Å². The average molecular weight is 371 g/mol. The highest BCUT2D eigenvalue weighted by molar-refractivity contribution is 7.17. The molecule has 138 valence electrons. The molecule has 4 rings (SSSR count). The summed E-state index contributed by atoms with van der Waals surface area (Å²) in [6.45, 7) is 3.21. The van der Waals surface area contributed by atoms with Crippen LogP contribution in [0.5, 0.6) is 0 Å². The number of hydrogen-bond donors (Lipinski definition) is 0. The zero-order valence-corrected chi connectivity index (χ0v) is 16.0. The summed E-state index contributed by atoms with van der Waals surface area (Å²) in [5.74, 6) is 0.527. The van der Waals surface area contributed by atoms with E-state index >= 15 is 0 Å². The van der Waals surface area contributed by atoms with E-state index in [0.29, 0.717) is 19.0 Å². The molecule has 2 amide bonds. The van der Waals surface area contributed by atoms with Gasteiger partial charge in [0.15, 0.2) is 0 Å². The molecule has 26 heavy (non-hydrogen) atoms. The van der Waals surface area contributed by atoms with Crippen molar-refractivity contribution in [3.05, 3.63) is 35.2 Å². The topological polar surface area (TPSA) is 40.6 Å². The van der Waals surface area contributed by atoms with E-state index in [-0.39, 0.29) is 11.8 Å². The van der Waals surface area contributed by atoms with E-state index in [1.54, 1.807) is 11.3 Å². The Morgan fingerprint density at radius 1 is 0.885 bits per heavy atom. The Bertz CT molecular complexity index is 784. The summed E-state index contributed by atoms with van der Waals surface area (Å²) in [5, 5.41) is 3.02. The molecule has 0 saturated carbocycles. The van der Waals surface area contributed by atoms with Crippen molar-refractivity contribution in [1.82, 2.24) is 9.80 Å². The van der Waals surface area contributed by atoms with Crippen LogP contribution in [0, 0.1) is 5.92 Å². The van der Waals surface area contributed by atoms with Crippen molar-refractivity contribution in [2.45, 2.75) is 38.5 Å². The summed E-state index contributed by atoms with van der Waals surface area (Å²) in [6.07, 6.45) is 6.34. The van der Waals surface area contributed by atoms with Crippen LogP contribution in [0.4, 0.5) is 0 Å². The number of fused-ring (bicyclic) bond motifs is 1. The Labute approximate surface area is 158 Å². The monoisotopic (exact) mass is 370 g/mol. The van der Waals surface area contributed by atoms with Crippen molar-refractivity contribution in [1.29, 1.82) is 0 Å². The largest absolute Gasteiger partial charge is 0.342 e. The molecule has 0 radical (unpaired) electrons. The number of carbonyl (C=O) groups is 2. The van der Waals surface area contributed by atoms with E-state index in [4.69, 9.17) is 0 Å². The summed E-state index contributed by atoms with van der Waals surface area (Å²) in [7, 11) is 0. The molecule has 2 aliphatic heterocycles. The Balaban J connectivity index is 1.38. The highest BCUT2D eigenvalue weighted by Crippen LogP contribution is 2.29. The molecule has 0 bridgehead atoms. The Morgan fingerprint density at radius 3 is 2.31 bits per heavy atom. The number of nitrogens with zero attached hydrogens (tertiary/aromatic N) is 2. The number of piperidine rings is 1. The van der Waals surface area contributed by atoms with Gasteiger partial charge in [-0.1, -0.05) is 31.0 Å². The second-order valence-corrected chi connectivity index (χ2v) is 8.36. The lowest BCUT2D eigenvalue weighted by Gasteiger charge is -2.34. The van der Waals surface area contributed by atoms with Gasteiger partial charge < -0.3 is 9.80 Å². The molecule has 2 saturated heterocycles. The number of carbonyl (C=O) groups excluding carboxylic acids is 2. The first-order chi connectivity index (χ1) is 12.7. The molecule has 2 fully saturated rings. The molecule has 3 heterocycles. The molecule has 0 spiro atoms. The van der Waals surface area contributed by atoms with Crippen molar-refractivity contribution in [3.63, 3.8) is 0 Å². The molecule has 1 aromatic heterocycles. The van der Waals surface area contributed by atoms with E-state index in [1.807, 2.05) is 28.5 Å². The van der Waals surface area contributed by atoms with E-state index in [9.17, 15) is 9.59 Å². The number of hydrogen-bond acceptors (Lipinski definition) is 3. The van der Waals surface area contributed by atoms with Crippen molar-refractivity contribution in [2.24, 2.45) is 5.92 Å². The van der Waals surface area contributed by atoms with Gasteiger partial charge in [0.25, 0.3) is 5.91 Å². The molecule has 5 heteroatoms. The summed E-state index contributed by atoms with van der Waals surface area (Å²) >= 11 is 1.62. The molecular weight excluding hydrogens is 344 g/mol. The van der Waals surface area contributed by atoms with E-state index in [2.05, 4.69) is 11.0 Å². The fourth-order valence-electron chi connectivity index (χ4n) is 4.19. The lowest BCUT2D eigenvalue weighted by molar-refractivity contribution is -0.136. The van der Waals surface area contributed by atoms with Gasteiger partial charge in [0.1, 0.15) is 0 Å². The van der Waals surface area contributed by atoms with Crippen molar-refractivity contribution >= 4 is 33.2 Å². The Morgan fingerprint density at radius 2 is 1.58 bits per heavy atom. The lowest BCUT2D eigenvalue weighted by Crippen LogP contribution is -2.44. The van der Waals surface area contributed by atoms with Gasteiger partial charge in [0.2, 0.25) is 5.91 Å². The van der Waals surface area contributed by atoms with Crippen LogP contribution in [-0.4, -0.2) is 47.8 Å². The van der Waals surface area contributed by atoms with Crippen LogP contribution in [-0.2, 0) is 4.79 Å². The maximum Gasteiger partial charge on any atom is 0.255 e. The Kier molecular flexibility index (Phi) is 5.25. The van der Waals surface area contributed by atoms with Gasteiger partial charge in [-0.05, 0) is 31.7 Å². The fraction of sp³-hybridized carbons (Fsp3) is 0.524. The number of amides is 2. The van der Waals surface area contributed by atoms with Gasteiger partial charge in [-0.25, -0.2) is 0 Å². The number of likely N-dealkylation sites (tertiary alicyclic amines) is 2. The van der Waals surface area contributed by atoms with Crippen LogP contribution in [0.1, 0.15) is 48.9 Å². The van der Waals surface area contributed by atoms with Gasteiger partial charge in [-0.3, -0.25) is 9.59 Å². The highest BCUT2D eigenvalue weighted by Gasteiger charge is 2.31.